The molecule has 3 N–H and O–H groups in total. The van der Waals surface area contributed by atoms with Crippen molar-refractivity contribution in [2.75, 3.05) is 31.1 Å². The Bertz CT molecular complexity index is 1390. The number of carbonyl (C=O) groups is 4. The number of carboxylic acid groups (broad SMARTS) is 1. The molecule has 0 bridgehead atoms. The van der Waals surface area contributed by atoms with Crippen molar-refractivity contribution in [3.63, 3.8) is 0 Å². The first-order valence-corrected chi connectivity index (χ1v) is 14.2. The summed E-state index contributed by atoms with van der Waals surface area (Å²) in [4.78, 5) is 56.1. The number of amides is 2. The Hall–Kier alpha value is -4.66. The maximum absolute atomic E-state index is 13.8. The van der Waals surface area contributed by atoms with Crippen molar-refractivity contribution >= 4 is 29.3 Å². The topological polar surface area (TPSA) is 127 Å². The summed E-state index contributed by atoms with van der Waals surface area (Å²) in [6, 6.07) is 21.2. The van der Waals surface area contributed by atoms with Crippen LogP contribution in [0.5, 0.6) is 5.75 Å². The molecule has 0 radical (unpaired) electrons. The molecule has 1 atom stereocenters. The van der Waals surface area contributed by atoms with E-state index in [2.05, 4.69) is 10.2 Å². The lowest BCUT2D eigenvalue weighted by Crippen LogP contribution is -2.59. The lowest BCUT2D eigenvalue weighted by molar-refractivity contribution is -0.154. The minimum atomic E-state index is -1.39. The van der Waals surface area contributed by atoms with Gasteiger partial charge in [0, 0.05) is 49.4 Å². The number of hydrogen-bond donors (Lipinski definition) is 3. The van der Waals surface area contributed by atoms with Crippen molar-refractivity contribution in [3.05, 3.63) is 95.6 Å². The molecular weight excluding hydrogens is 534 g/mol. The summed E-state index contributed by atoms with van der Waals surface area (Å²) in [5, 5.41) is 22.1. The number of phenolic OH excluding ortho intramolecular Hbond substituents is 1. The Kier molecular flexibility index (Phi) is 9.62. The molecule has 4 rings (SSSR count). The minimum absolute atomic E-state index is 0.00385. The van der Waals surface area contributed by atoms with Crippen LogP contribution >= 0.6 is 0 Å². The molecule has 3 aromatic rings. The van der Waals surface area contributed by atoms with Crippen LogP contribution in [-0.2, 0) is 20.8 Å². The number of carbonyl (C=O) groups excluding carboxylic acids is 3. The summed E-state index contributed by atoms with van der Waals surface area (Å²) in [5.74, 6) is -2.05. The molecular formula is C33H37N3O6. The van der Waals surface area contributed by atoms with Crippen LogP contribution in [0, 0.1) is 5.41 Å². The van der Waals surface area contributed by atoms with Gasteiger partial charge >= 0.3 is 5.97 Å². The fourth-order valence-electron chi connectivity index (χ4n) is 5.39. The lowest BCUT2D eigenvalue weighted by Gasteiger charge is -2.41. The number of benzene rings is 3. The average molecular weight is 572 g/mol. The molecule has 42 heavy (non-hydrogen) atoms. The van der Waals surface area contributed by atoms with E-state index < -0.39 is 23.3 Å². The van der Waals surface area contributed by atoms with Gasteiger partial charge in [0.15, 0.2) is 5.78 Å². The number of piperazine rings is 1. The Morgan fingerprint density at radius 1 is 0.810 bits per heavy atom. The van der Waals surface area contributed by atoms with Crippen LogP contribution in [-0.4, -0.2) is 70.9 Å². The number of aliphatic carboxylic acids is 1. The number of anilines is 1. The Morgan fingerprint density at radius 2 is 1.38 bits per heavy atom. The van der Waals surface area contributed by atoms with E-state index in [4.69, 9.17) is 0 Å². The number of aromatic hydroxyl groups is 1. The largest absolute Gasteiger partial charge is 0.508 e. The summed E-state index contributed by atoms with van der Waals surface area (Å²) in [7, 11) is 0. The molecule has 9 heteroatoms. The normalized spacial score (nSPS) is 14.2. The highest BCUT2D eigenvalue weighted by Gasteiger charge is 2.46. The number of hydrogen-bond acceptors (Lipinski definition) is 6. The van der Waals surface area contributed by atoms with Crippen LogP contribution in [0.2, 0.25) is 0 Å². The van der Waals surface area contributed by atoms with Gasteiger partial charge in [-0.1, -0.05) is 68.4 Å². The van der Waals surface area contributed by atoms with Gasteiger partial charge in [0.25, 0.3) is 0 Å². The Labute approximate surface area is 245 Å². The monoisotopic (exact) mass is 571 g/mol. The van der Waals surface area contributed by atoms with Crippen molar-refractivity contribution in [2.45, 2.75) is 39.2 Å². The van der Waals surface area contributed by atoms with Crippen molar-refractivity contribution in [1.29, 1.82) is 0 Å². The molecule has 0 aliphatic carbocycles. The van der Waals surface area contributed by atoms with E-state index in [0.29, 0.717) is 42.9 Å². The SMILES string of the molecule is CCC(CC)(C(=O)N[C@@H](Cc1ccc(C(=O)c2ccccc2)cc1)C(=O)O)C(=O)N1CCN(c2ccc(O)cc2)CC1. The third kappa shape index (κ3) is 6.62. The molecule has 0 aromatic heterocycles. The molecule has 0 saturated carbocycles. The predicted molar refractivity (Wildman–Crippen MR) is 160 cm³/mol. The third-order valence-corrected chi connectivity index (χ3v) is 8.13. The molecule has 1 heterocycles. The van der Waals surface area contributed by atoms with Gasteiger partial charge in [0.1, 0.15) is 17.2 Å². The van der Waals surface area contributed by atoms with Crippen molar-refractivity contribution in [2.24, 2.45) is 5.41 Å². The maximum Gasteiger partial charge on any atom is 0.326 e. The fraction of sp³-hybridized carbons (Fsp3) is 0.333. The second-order valence-corrected chi connectivity index (χ2v) is 10.5. The average Bonchev–Trinajstić information content (AvgIpc) is 3.02. The van der Waals surface area contributed by atoms with Crippen LogP contribution in [0.3, 0.4) is 0 Å². The predicted octanol–water partition coefficient (Wildman–Crippen LogP) is 3.89. The Morgan fingerprint density at radius 3 is 1.93 bits per heavy atom. The zero-order chi connectivity index (χ0) is 30.3. The molecule has 9 nitrogen and oxygen atoms in total. The summed E-state index contributed by atoms with van der Waals surface area (Å²) < 4.78 is 0. The van der Waals surface area contributed by atoms with Crippen molar-refractivity contribution in [1.82, 2.24) is 10.2 Å². The molecule has 0 spiro atoms. The first kappa shape index (κ1) is 30.3. The molecule has 0 unspecified atom stereocenters. The van der Waals surface area contributed by atoms with Crippen LogP contribution < -0.4 is 10.2 Å². The van der Waals surface area contributed by atoms with Crippen LogP contribution in [0.25, 0.3) is 0 Å². The molecule has 1 aliphatic heterocycles. The van der Waals surface area contributed by atoms with E-state index >= 15 is 0 Å². The van der Waals surface area contributed by atoms with E-state index in [1.165, 1.54) is 0 Å². The van der Waals surface area contributed by atoms with Gasteiger partial charge in [-0.25, -0.2) is 4.79 Å². The molecule has 1 saturated heterocycles. The highest BCUT2D eigenvalue weighted by atomic mass is 16.4. The highest BCUT2D eigenvalue weighted by molar-refractivity contribution is 6.09. The number of rotatable bonds is 11. The van der Waals surface area contributed by atoms with E-state index in [9.17, 15) is 29.4 Å². The zero-order valence-corrected chi connectivity index (χ0v) is 24.0. The standard InChI is InChI=1S/C33H37N3O6/c1-3-33(4-2,32(42)36-20-18-35(19-21-36)26-14-16-27(37)17-15-26)31(41)34-28(30(39)40)22-23-10-12-25(13-11-23)29(38)24-8-6-5-7-9-24/h5-17,28,37H,3-4,18-22H2,1-2H3,(H,34,41)(H,39,40)/t28-/m0/s1. The highest BCUT2D eigenvalue weighted by Crippen LogP contribution is 2.31. The second kappa shape index (κ2) is 13.3. The van der Waals surface area contributed by atoms with Gasteiger partial charge in [-0.3, -0.25) is 14.4 Å². The Balaban J connectivity index is 1.42. The fourth-order valence-corrected chi connectivity index (χ4v) is 5.39. The van der Waals surface area contributed by atoms with E-state index in [1.54, 1.807) is 79.4 Å². The van der Waals surface area contributed by atoms with Gasteiger partial charge in [0.2, 0.25) is 11.8 Å². The van der Waals surface area contributed by atoms with Crippen LogP contribution in [0.15, 0.2) is 78.9 Å². The number of nitrogens with zero attached hydrogens (tertiary/aromatic N) is 2. The van der Waals surface area contributed by atoms with E-state index in [-0.39, 0.29) is 36.7 Å². The molecule has 220 valence electrons. The van der Waals surface area contributed by atoms with Crippen molar-refractivity contribution in [3.8, 4) is 5.75 Å². The minimum Gasteiger partial charge on any atom is -0.508 e. The van der Waals surface area contributed by atoms with Gasteiger partial charge in [-0.15, -0.1) is 0 Å². The summed E-state index contributed by atoms with van der Waals surface area (Å²) in [6.45, 7) is 5.53. The molecule has 3 aromatic carbocycles. The summed E-state index contributed by atoms with van der Waals surface area (Å²) >= 11 is 0. The molecule has 1 aliphatic rings. The number of ketones is 1. The number of phenols is 1. The van der Waals surface area contributed by atoms with Crippen LogP contribution in [0.1, 0.15) is 48.2 Å². The maximum atomic E-state index is 13.8. The van der Waals surface area contributed by atoms with E-state index in [1.807, 2.05) is 18.2 Å². The zero-order valence-electron chi connectivity index (χ0n) is 24.0. The summed E-state index contributed by atoms with van der Waals surface area (Å²) in [6.07, 6.45) is 0.466. The quantitative estimate of drug-likeness (QED) is 0.235. The molecule has 1 fully saturated rings. The third-order valence-electron chi connectivity index (χ3n) is 8.13. The van der Waals surface area contributed by atoms with Gasteiger partial charge in [-0.05, 0) is 42.7 Å². The van der Waals surface area contributed by atoms with Crippen molar-refractivity contribution < 1.29 is 29.4 Å². The van der Waals surface area contributed by atoms with Gasteiger partial charge in [0.05, 0.1) is 0 Å². The summed E-state index contributed by atoms with van der Waals surface area (Å²) in [5.41, 5.74) is 1.23. The first-order valence-electron chi connectivity index (χ1n) is 14.2. The number of carboxylic acids is 1. The van der Waals surface area contributed by atoms with Crippen LogP contribution in [0.4, 0.5) is 5.69 Å². The second-order valence-electron chi connectivity index (χ2n) is 10.5. The smallest absolute Gasteiger partial charge is 0.326 e. The first-order chi connectivity index (χ1) is 20.2. The van der Waals surface area contributed by atoms with Gasteiger partial charge in [-0.2, -0.15) is 0 Å². The van der Waals surface area contributed by atoms with Gasteiger partial charge < -0.3 is 25.3 Å². The molecule has 2 amide bonds. The van der Waals surface area contributed by atoms with E-state index in [0.717, 1.165) is 5.69 Å². The number of nitrogens with one attached hydrogen (secondary N) is 1. The lowest BCUT2D eigenvalue weighted by atomic mass is 9.79.